The lowest BCUT2D eigenvalue weighted by molar-refractivity contribution is -0.166. The molecular weight excluding hydrogens is 268 g/mol. The summed E-state index contributed by atoms with van der Waals surface area (Å²) in [6, 6.07) is 0.167. The van der Waals surface area contributed by atoms with E-state index in [1.165, 1.54) is 0 Å². The van der Waals surface area contributed by atoms with Crippen molar-refractivity contribution in [2.45, 2.75) is 64.1 Å². The molecule has 3 rings (SSSR count). The molecule has 0 aromatic carbocycles. The van der Waals surface area contributed by atoms with Crippen LogP contribution in [0.15, 0.2) is 0 Å². The highest BCUT2D eigenvalue weighted by Gasteiger charge is 2.57. The van der Waals surface area contributed by atoms with Crippen LogP contribution in [0.25, 0.3) is 0 Å². The molecule has 118 valence electrons. The van der Waals surface area contributed by atoms with Crippen LogP contribution in [0, 0.1) is 11.3 Å². The zero-order chi connectivity index (χ0) is 15.4. The number of hydrogen-bond donors (Lipinski definition) is 1. The van der Waals surface area contributed by atoms with Gasteiger partial charge in [-0.2, -0.15) is 0 Å². The molecule has 5 nitrogen and oxygen atoms in total. The highest BCUT2D eigenvalue weighted by atomic mass is 16.5. The Morgan fingerprint density at radius 1 is 1.24 bits per heavy atom. The van der Waals surface area contributed by atoms with E-state index in [0.29, 0.717) is 18.9 Å². The molecule has 0 bridgehead atoms. The van der Waals surface area contributed by atoms with Crippen LogP contribution in [0.4, 0.5) is 0 Å². The maximum Gasteiger partial charge on any atom is 0.248 e. The summed E-state index contributed by atoms with van der Waals surface area (Å²) < 4.78 is 5.50. The Kier molecular flexibility index (Phi) is 3.32. The van der Waals surface area contributed by atoms with Gasteiger partial charge in [-0.05, 0) is 32.1 Å². The van der Waals surface area contributed by atoms with E-state index in [4.69, 9.17) is 4.74 Å². The quantitative estimate of drug-likeness (QED) is 0.854. The third-order valence-electron chi connectivity index (χ3n) is 5.86. The number of amides is 2. The minimum atomic E-state index is -0.707. The van der Waals surface area contributed by atoms with Gasteiger partial charge in [0, 0.05) is 31.5 Å². The molecule has 3 unspecified atom stereocenters. The fourth-order valence-corrected chi connectivity index (χ4v) is 4.06. The molecule has 2 amide bonds. The normalized spacial score (nSPS) is 39.5. The van der Waals surface area contributed by atoms with Crippen LogP contribution in [0.2, 0.25) is 0 Å². The average molecular weight is 294 g/mol. The van der Waals surface area contributed by atoms with Crippen molar-refractivity contribution in [2.75, 3.05) is 13.7 Å². The first-order valence-corrected chi connectivity index (χ1v) is 7.95. The predicted octanol–water partition coefficient (Wildman–Crippen LogP) is 1.32. The highest BCUT2D eigenvalue weighted by molar-refractivity contribution is 5.94. The molecule has 21 heavy (non-hydrogen) atoms. The molecule has 2 aliphatic carbocycles. The van der Waals surface area contributed by atoms with Gasteiger partial charge in [0.25, 0.3) is 0 Å². The monoisotopic (exact) mass is 294 g/mol. The van der Waals surface area contributed by atoms with Gasteiger partial charge in [0.1, 0.15) is 5.54 Å². The Morgan fingerprint density at radius 3 is 2.43 bits per heavy atom. The van der Waals surface area contributed by atoms with E-state index in [9.17, 15) is 9.59 Å². The molecule has 3 aliphatic rings. The molecule has 0 aromatic rings. The molecule has 1 heterocycles. The molecule has 1 saturated heterocycles. The van der Waals surface area contributed by atoms with Crippen molar-refractivity contribution in [1.29, 1.82) is 0 Å². The molecular formula is C16H26N2O3. The van der Waals surface area contributed by atoms with Crippen LogP contribution in [0.3, 0.4) is 0 Å². The zero-order valence-corrected chi connectivity index (χ0v) is 13.4. The van der Waals surface area contributed by atoms with Gasteiger partial charge >= 0.3 is 0 Å². The number of ether oxygens (including phenoxy) is 1. The number of rotatable bonds is 3. The Balaban J connectivity index is 1.85. The average Bonchev–Trinajstić information content (AvgIpc) is 3.24. The molecule has 0 spiro atoms. The summed E-state index contributed by atoms with van der Waals surface area (Å²) in [7, 11) is 1.73. The first-order valence-electron chi connectivity index (χ1n) is 7.95. The van der Waals surface area contributed by atoms with Gasteiger partial charge in [-0.15, -0.1) is 0 Å². The van der Waals surface area contributed by atoms with E-state index in [1.807, 2.05) is 11.8 Å². The van der Waals surface area contributed by atoms with Crippen LogP contribution >= 0.6 is 0 Å². The number of nitrogens with zero attached hydrogens (tertiary/aromatic N) is 1. The smallest absolute Gasteiger partial charge is 0.248 e. The van der Waals surface area contributed by atoms with E-state index in [2.05, 4.69) is 19.2 Å². The summed E-state index contributed by atoms with van der Waals surface area (Å²) in [5.74, 6) is 0.403. The maximum absolute atomic E-state index is 13.1. The van der Waals surface area contributed by atoms with Gasteiger partial charge in [0.2, 0.25) is 11.8 Å². The summed E-state index contributed by atoms with van der Waals surface area (Å²) in [5.41, 5.74) is -0.760. The number of carbonyl (C=O) groups is 2. The molecule has 2 saturated carbocycles. The van der Waals surface area contributed by atoms with Crippen LogP contribution < -0.4 is 5.32 Å². The van der Waals surface area contributed by atoms with Crippen molar-refractivity contribution in [2.24, 2.45) is 11.3 Å². The Morgan fingerprint density at radius 2 is 1.90 bits per heavy atom. The molecule has 0 radical (unpaired) electrons. The largest absolute Gasteiger partial charge is 0.381 e. The Labute approximate surface area is 126 Å². The number of carbonyl (C=O) groups excluding carboxylic acids is 2. The molecule has 0 aromatic heterocycles. The zero-order valence-electron chi connectivity index (χ0n) is 13.4. The van der Waals surface area contributed by atoms with Crippen LogP contribution in [0.1, 0.15) is 46.5 Å². The van der Waals surface area contributed by atoms with E-state index in [1.54, 1.807) is 7.11 Å². The first-order chi connectivity index (χ1) is 9.80. The number of hydrogen-bond acceptors (Lipinski definition) is 3. The summed E-state index contributed by atoms with van der Waals surface area (Å²) in [6.45, 7) is 6.73. The third-order valence-corrected chi connectivity index (χ3v) is 5.86. The molecule has 3 fully saturated rings. The van der Waals surface area contributed by atoms with Gasteiger partial charge in [-0.3, -0.25) is 9.59 Å². The minimum Gasteiger partial charge on any atom is -0.381 e. The fourth-order valence-electron chi connectivity index (χ4n) is 4.06. The second-order valence-electron chi connectivity index (χ2n) is 7.57. The summed E-state index contributed by atoms with van der Waals surface area (Å²) >= 11 is 0. The molecule has 1 N–H and O–H groups in total. The molecule has 3 atom stereocenters. The van der Waals surface area contributed by atoms with Gasteiger partial charge < -0.3 is 15.0 Å². The lowest BCUT2D eigenvalue weighted by Crippen LogP contribution is -2.67. The van der Waals surface area contributed by atoms with Crippen molar-refractivity contribution < 1.29 is 14.3 Å². The van der Waals surface area contributed by atoms with Crippen LogP contribution in [0.5, 0.6) is 0 Å². The Hall–Kier alpha value is -1.10. The van der Waals surface area contributed by atoms with E-state index in [-0.39, 0.29) is 29.4 Å². The predicted molar refractivity (Wildman–Crippen MR) is 78.6 cm³/mol. The van der Waals surface area contributed by atoms with E-state index >= 15 is 0 Å². The second kappa shape index (κ2) is 4.70. The minimum absolute atomic E-state index is 0.000621. The Bertz CT molecular complexity index is 472. The lowest BCUT2D eigenvalue weighted by Gasteiger charge is -2.56. The molecule has 1 aliphatic heterocycles. The van der Waals surface area contributed by atoms with Crippen molar-refractivity contribution in [3.05, 3.63) is 0 Å². The highest BCUT2D eigenvalue weighted by Crippen LogP contribution is 2.48. The summed E-state index contributed by atoms with van der Waals surface area (Å²) in [5, 5.41) is 2.99. The van der Waals surface area contributed by atoms with E-state index in [0.717, 1.165) is 19.3 Å². The fraction of sp³-hybridized carbons (Fsp3) is 0.875. The number of nitrogens with one attached hydrogen (secondary N) is 1. The third kappa shape index (κ3) is 2.17. The van der Waals surface area contributed by atoms with Crippen molar-refractivity contribution in [3.63, 3.8) is 0 Å². The van der Waals surface area contributed by atoms with Gasteiger partial charge in [-0.1, -0.05) is 13.8 Å². The summed E-state index contributed by atoms with van der Waals surface area (Å²) in [6.07, 6.45) is 3.52. The summed E-state index contributed by atoms with van der Waals surface area (Å²) in [4.78, 5) is 27.0. The first kappa shape index (κ1) is 14.8. The molecule has 5 heteroatoms. The van der Waals surface area contributed by atoms with Gasteiger partial charge in [-0.25, -0.2) is 0 Å². The van der Waals surface area contributed by atoms with Crippen molar-refractivity contribution in [3.8, 4) is 0 Å². The number of methoxy groups -OCH3 is 1. The van der Waals surface area contributed by atoms with Gasteiger partial charge in [0.15, 0.2) is 0 Å². The standard InChI is InChI=1S/C16H26N2O3/c1-15(2)11(9-12(15)21-4)18-8-7-13(19)17-16(3,14(18)20)10-5-6-10/h10-12H,5-9H2,1-4H3,(H,17,19). The van der Waals surface area contributed by atoms with E-state index < -0.39 is 5.54 Å². The second-order valence-corrected chi connectivity index (χ2v) is 7.57. The SMILES string of the molecule is COC1CC(N2CCC(=O)NC(C)(C3CC3)C2=O)C1(C)C. The van der Waals surface area contributed by atoms with Gasteiger partial charge in [0.05, 0.1) is 6.10 Å². The topological polar surface area (TPSA) is 58.6 Å². The van der Waals surface area contributed by atoms with Crippen LogP contribution in [-0.4, -0.2) is 48.1 Å². The van der Waals surface area contributed by atoms with Crippen molar-refractivity contribution in [1.82, 2.24) is 10.2 Å². The maximum atomic E-state index is 13.1. The lowest BCUT2D eigenvalue weighted by atomic mass is 9.63. The van der Waals surface area contributed by atoms with Crippen molar-refractivity contribution >= 4 is 11.8 Å². The van der Waals surface area contributed by atoms with Crippen LogP contribution in [-0.2, 0) is 14.3 Å².